The van der Waals surface area contributed by atoms with Crippen LogP contribution in [0.2, 0.25) is 0 Å². The fourth-order valence-electron chi connectivity index (χ4n) is 3.89. The number of rotatable bonds is 6. The Kier molecular flexibility index (Phi) is 6.25. The van der Waals surface area contributed by atoms with Crippen molar-refractivity contribution in [1.29, 1.82) is 0 Å². The number of carbonyl (C=O) groups excluding carboxylic acids is 1. The summed E-state index contributed by atoms with van der Waals surface area (Å²) in [7, 11) is 1.62. The van der Waals surface area contributed by atoms with E-state index in [1.54, 1.807) is 13.3 Å². The molecule has 158 valence electrons. The summed E-state index contributed by atoms with van der Waals surface area (Å²) in [6.07, 6.45) is 4.85. The summed E-state index contributed by atoms with van der Waals surface area (Å²) >= 11 is 0. The summed E-state index contributed by atoms with van der Waals surface area (Å²) in [5.41, 5.74) is 6.73. The molecule has 5 nitrogen and oxygen atoms in total. The van der Waals surface area contributed by atoms with Crippen molar-refractivity contribution in [2.24, 2.45) is 5.10 Å². The van der Waals surface area contributed by atoms with Crippen LogP contribution in [0.25, 0.3) is 5.57 Å². The highest BCUT2D eigenvalue weighted by molar-refractivity contribution is 5.96. The summed E-state index contributed by atoms with van der Waals surface area (Å²) in [6.45, 7) is 9.62. The lowest BCUT2D eigenvalue weighted by Gasteiger charge is -2.43. The smallest absolute Gasteiger partial charge is 0.271 e. The average molecular weight is 410 g/mol. The largest absolute Gasteiger partial charge is 0.496 e. The first-order valence-electron chi connectivity index (χ1n) is 10.0. The molecule has 2 aromatic rings. The number of hydrazone groups is 1. The number of ether oxygens (including phenoxy) is 1. The Bertz CT molecular complexity index is 1010. The van der Waals surface area contributed by atoms with Gasteiger partial charge in [0.05, 0.1) is 18.9 Å². The number of halogens is 1. The molecule has 1 aliphatic rings. The molecule has 3 rings (SSSR count). The third kappa shape index (κ3) is 4.37. The molecule has 0 saturated heterocycles. The summed E-state index contributed by atoms with van der Waals surface area (Å²) in [6, 6.07) is 9.53. The van der Waals surface area contributed by atoms with Gasteiger partial charge in [0.2, 0.25) is 0 Å². The lowest BCUT2D eigenvalue weighted by Crippen LogP contribution is -2.45. The predicted molar refractivity (Wildman–Crippen MR) is 120 cm³/mol. The maximum absolute atomic E-state index is 13.3. The Morgan fingerprint density at radius 3 is 2.73 bits per heavy atom. The van der Waals surface area contributed by atoms with Gasteiger partial charge in [0.1, 0.15) is 11.6 Å². The van der Waals surface area contributed by atoms with Crippen molar-refractivity contribution in [2.45, 2.75) is 39.7 Å². The molecule has 1 N–H and O–H groups in total. The zero-order valence-electron chi connectivity index (χ0n) is 18.1. The van der Waals surface area contributed by atoms with Crippen LogP contribution in [0.4, 0.5) is 10.1 Å². The van der Waals surface area contributed by atoms with E-state index >= 15 is 0 Å². The minimum atomic E-state index is -0.477. The first-order valence-corrected chi connectivity index (χ1v) is 10.0. The van der Waals surface area contributed by atoms with Crippen molar-refractivity contribution in [3.63, 3.8) is 0 Å². The van der Waals surface area contributed by atoms with E-state index in [9.17, 15) is 9.18 Å². The van der Waals surface area contributed by atoms with Crippen molar-refractivity contribution < 1.29 is 13.9 Å². The average Bonchev–Trinajstić information content (AvgIpc) is 2.70. The van der Waals surface area contributed by atoms with Crippen LogP contribution in [0.1, 0.15) is 55.6 Å². The monoisotopic (exact) mass is 409 g/mol. The van der Waals surface area contributed by atoms with Crippen LogP contribution in [0.15, 0.2) is 47.6 Å². The van der Waals surface area contributed by atoms with Gasteiger partial charge in [-0.2, -0.15) is 5.10 Å². The highest BCUT2D eigenvalue weighted by atomic mass is 19.1. The second-order valence-electron chi connectivity index (χ2n) is 7.95. The van der Waals surface area contributed by atoms with Gasteiger partial charge in [-0.15, -0.1) is 0 Å². The Hall–Kier alpha value is -3.15. The summed E-state index contributed by atoms with van der Waals surface area (Å²) in [5, 5.41) is 4.05. The molecule has 1 amide bonds. The van der Waals surface area contributed by atoms with Gasteiger partial charge in [0.25, 0.3) is 5.91 Å². The number of nitrogens with zero attached hydrogens (tertiary/aromatic N) is 2. The normalized spacial score (nSPS) is 15.0. The number of hydrogen-bond donors (Lipinski definition) is 1. The molecule has 0 fully saturated rings. The number of methoxy groups -OCH3 is 1. The maximum Gasteiger partial charge on any atom is 0.271 e. The standard InChI is InChI=1S/C24H28FN3O2/c1-6-10-28-21-13-22(30-5)18(12-20(21)16(2)14-24(28,3)4)15-26-27-23(29)17-8-7-9-19(25)11-17/h7-9,11-15H,6,10H2,1-5H3,(H,27,29)/b26-15-. The Morgan fingerprint density at radius 1 is 1.30 bits per heavy atom. The van der Waals surface area contributed by atoms with E-state index in [0.717, 1.165) is 29.8 Å². The highest BCUT2D eigenvalue weighted by Gasteiger charge is 2.31. The second-order valence-corrected chi connectivity index (χ2v) is 7.95. The van der Waals surface area contributed by atoms with Crippen molar-refractivity contribution in [3.05, 3.63) is 65.0 Å². The summed E-state index contributed by atoms with van der Waals surface area (Å²) in [5.74, 6) is -0.275. The van der Waals surface area contributed by atoms with Crippen LogP contribution in [0.3, 0.4) is 0 Å². The predicted octanol–water partition coefficient (Wildman–Crippen LogP) is 5.01. The third-order valence-electron chi connectivity index (χ3n) is 5.23. The number of anilines is 1. The van der Waals surface area contributed by atoms with Crippen LogP contribution < -0.4 is 15.1 Å². The zero-order chi connectivity index (χ0) is 21.9. The molecule has 0 unspecified atom stereocenters. The number of nitrogens with one attached hydrogen (secondary N) is 1. The fourth-order valence-corrected chi connectivity index (χ4v) is 3.89. The van der Waals surface area contributed by atoms with Crippen LogP contribution >= 0.6 is 0 Å². The number of hydrogen-bond acceptors (Lipinski definition) is 4. The lowest BCUT2D eigenvalue weighted by molar-refractivity contribution is 0.0954. The molecule has 0 atom stereocenters. The molecule has 30 heavy (non-hydrogen) atoms. The van der Waals surface area contributed by atoms with Crippen LogP contribution in [0, 0.1) is 5.82 Å². The number of amides is 1. The molecule has 0 bridgehead atoms. The molecule has 1 aliphatic heterocycles. The van der Waals surface area contributed by atoms with Gasteiger partial charge in [-0.3, -0.25) is 4.79 Å². The molecule has 6 heteroatoms. The van der Waals surface area contributed by atoms with Crippen molar-refractivity contribution in [1.82, 2.24) is 5.43 Å². The molecule has 0 saturated carbocycles. The Labute approximate surface area is 177 Å². The SMILES string of the molecule is CCCN1c2cc(OC)c(/C=N\NC(=O)c3cccc(F)c3)cc2C(C)=CC1(C)C. The molecule has 2 aromatic carbocycles. The van der Waals surface area contributed by atoms with E-state index in [1.807, 2.05) is 12.1 Å². The number of carbonyl (C=O) groups is 1. The molecule has 0 aliphatic carbocycles. The molecule has 1 heterocycles. The first-order chi connectivity index (χ1) is 14.3. The summed E-state index contributed by atoms with van der Waals surface area (Å²) < 4.78 is 18.9. The fraction of sp³-hybridized carbons (Fsp3) is 0.333. The zero-order valence-corrected chi connectivity index (χ0v) is 18.1. The van der Waals surface area contributed by atoms with Crippen molar-refractivity contribution >= 4 is 23.4 Å². The first kappa shape index (κ1) is 21.6. The van der Waals surface area contributed by atoms with Crippen LogP contribution in [-0.2, 0) is 0 Å². The topological polar surface area (TPSA) is 53.9 Å². The second kappa shape index (κ2) is 8.69. The molecule has 0 aromatic heterocycles. The molecule has 0 radical (unpaired) electrons. The molecule has 0 spiro atoms. The lowest BCUT2D eigenvalue weighted by atomic mass is 9.87. The van der Waals surface area contributed by atoms with Gasteiger partial charge in [0.15, 0.2) is 0 Å². The number of allylic oxidation sites excluding steroid dienone is 1. The Morgan fingerprint density at radius 2 is 2.07 bits per heavy atom. The van der Waals surface area contributed by atoms with Gasteiger partial charge >= 0.3 is 0 Å². The van der Waals surface area contributed by atoms with Gasteiger partial charge in [-0.25, -0.2) is 9.82 Å². The van der Waals surface area contributed by atoms with Crippen LogP contribution in [-0.4, -0.2) is 31.3 Å². The number of benzene rings is 2. The van der Waals surface area contributed by atoms with Gasteiger partial charge in [-0.05, 0) is 57.0 Å². The third-order valence-corrected chi connectivity index (χ3v) is 5.23. The van der Waals surface area contributed by atoms with E-state index in [0.29, 0.717) is 5.75 Å². The van der Waals surface area contributed by atoms with Gasteiger partial charge < -0.3 is 9.64 Å². The van der Waals surface area contributed by atoms with Gasteiger partial charge in [-0.1, -0.05) is 19.1 Å². The summed E-state index contributed by atoms with van der Waals surface area (Å²) in [4.78, 5) is 14.6. The maximum atomic E-state index is 13.3. The van der Waals surface area contributed by atoms with E-state index < -0.39 is 11.7 Å². The minimum absolute atomic E-state index is 0.0906. The van der Waals surface area contributed by atoms with E-state index in [1.165, 1.54) is 29.8 Å². The van der Waals surface area contributed by atoms with Crippen molar-refractivity contribution in [3.8, 4) is 5.75 Å². The molecular formula is C24H28FN3O2. The quantitative estimate of drug-likeness (QED) is 0.539. The molecular weight excluding hydrogens is 381 g/mol. The van der Waals surface area contributed by atoms with E-state index in [2.05, 4.69) is 49.2 Å². The number of fused-ring (bicyclic) bond motifs is 1. The Balaban J connectivity index is 1.90. The van der Waals surface area contributed by atoms with Gasteiger partial charge in [0, 0.05) is 35.0 Å². The van der Waals surface area contributed by atoms with Crippen LogP contribution in [0.5, 0.6) is 5.75 Å². The minimum Gasteiger partial charge on any atom is -0.496 e. The highest BCUT2D eigenvalue weighted by Crippen LogP contribution is 2.41. The van der Waals surface area contributed by atoms with E-state index in [4.69, 9.17) is 4.74 Å². The van der Waals surface area contributed by atoms with Crippen molar-refractivity contribution in [2.75, 3.05) is 18.6 Å². The van der Waals surface area contributed by atoms with E-state index in [-0.39, 0.29) is 11.1 Å².